The number of ether oxygens (including phenoxy) is 1. The van der Waals surface area contributed by atoms with Crippen LogP contribution in [0.2, 0.25) is 0 Å². The fraction of sp³-hybridized carbons (Fsp3) is 0.385. The molecule has 0 aliphatic carbocycles. The van der Waals surface area contributed by atoms with Gasteiger partial charge in [-0.1, -0.05) is 6.58 Å². The lowest BCUT2D eigenvalue weighted by Crippen LogP contribution is -1.93. The molecule has 0 atom stereocenters. The third kappa shape index (κ3) is 3.82. The van der Waals surface area contributed by atoms with Crippen LogP contribution in [0, 0.1) is 5.82 Å². The number of rotatable bonds is 6. The van der Waals surface area contributed by atoms with Gasteiger partial charge < -0.3 is 9.84 Å². The van der Waals surface area contributed by atoms with E-state index in [4.69, 9.17) is 9.84 Å². The summed E-state index contributed by atoms with van der Waals surface area (Å²) in [6, 6.07) is 3.22. The normalized spacial score (nSPS) is 10.4. The van der Waals surface area contributed by atoms with Crippen LogP contribution in [0.25, 0.3) is 5.57 Å². The summed E-state index contributed by atoms with van der Waals surface area (Å²) in [4.78, 5) is 0. The minimum absolute atomic E-state index is 0.175. The van der Waals surface area contributed by atoms with Gasteiger partial charge in [0.1, 0.15) is 0 Å². The highest BCUT2D eigenvalue weighted by Crippen LogP contribution is 2.32. The summed E-state index contributed by atoms with van der Waals surface area (Å²) in [5.41, 5.74) is 1.62. The van der Waals surface area contributed by atoms with Crippen molar-refractivity contribution in [1.82, 2.24) is 0 Å². The number of aliphatic hydroxyl groups is 1. The Morgan fingerprint density at radius 3 is 2.71 bits per heavy atom. The van der Waals surface area contributed by atoms with Crippen LogP contribution in [0.3, 0.4) is 0 Å². The highest BCUT2D eigenvalue weighted by molar-refractivity contribution is 9.10. The van der Waals surface area contributed by atoms with Gasteiger partial charge in [0.05, 0.1) is 11.6 Å². The zero-order chi connectivity index (χ0) is 12.8. The molecule has 1 aromatic rings. The Morgan fingerprint density at radius 1 is 1.47 bits per heavy atom. The van der Waals surface area contributed by atoms with Crippen LogP contribution in [-0.2, 0) is 0 Å². The van der Waals surface area contributed by atoms with E-state index in [1.165, 1.54) is 13.2 Å². The molecule has 0 spiro atoms. The molecule has 0 amide bonds. The number of allylic oxidation sites excluding steroid dienone is 1. The zero-order valence-corrected chi connectivity index (χ0v) is 11.4. The predicted molar refractivity (Wildman–Crippen MR) is 70.6 cm³/mol. The highest BCUT2D eigenvalue weighted by atomic mass is 79.9. The molecule has 0 saturated heterocycles. The maximum absolute atomic E-state index is 13.6. The Kier molecular flexibility index (Phi) is 5.65. The van der Waals surface area contributed by atoms with Crippen LogP contribution < -0.4 is 4.74 Å². The first kappa shape index (κ1) is 14.2. The van der Waals surface area contributed by atoms with Gasteiger partial charge in [0.15, 0.2) is 11.6 Å². The number of aliphatic hydroxyl groups excluding tert-OH is 1. The summed E-state index contributed by atoms with van der Waals surface area (Å²) in [7, 11) is 1.43. The molecule has 0 heterocycles. The Labute approximate surface area is 109 Å². The Bertz CT molecular complexity index is 381. The Hall–Kier alpha value is -0.870. The van der Waals surface area contributed by atoms with E-state index in [9.17, 15) is 4.39 Å². The molecule has 0 aliphatic rings. The van der Waals surface area contributed by atoms with Gasteiger partial charge in [-0.05, 0) is 58.5 Å². The fourth-order valence-corrected chi connectivity index (χ4v) is 2.15. The van der Waals surface area contributed by atoms with Gasteiger partial charge in [0, 0.05) is 6.61 Å². The molecular weight excluding hydrogens is 287 g/mol. The summed E-state index contributed by atoms with van der Waals surface area (Å²) < 4.78 is 19.1. The molecule has 0 aliphatic heterocycles. The molecule has 1 aromatic carbocycles. The average Bonchev–Trinajstić information content (AvgIpc) is 2.28. The van der Waals surface area contributed by atoms with Crippen molar-refractivity contribution >= 4 is 21.5 Å². The van der Waals surface area contributed by atoms with E-state index in [2.05, 4.69) is 22.5 Å². The van der Waals surface area contributed by atoms with Crippen molar-refractivity contribution in [3.8, 4) is 5.75 Å². The highest BCUT2D eigenvalue weighted by Gasteiger charge is 2.11. The molecule has 0 aromatic heterocycles. The van der Waals surface area contributed by atoms with E-state index in [1.807, 2.05) is 0 Å². The largest absolute Gasteiger partial charge is 0.492 e. The van der Waals surface area contributed by atoms with E-state index in [0.29, 0.717) is 4.47 Å². The topological polar surface area (TPSA) is 29.5 Å². The minimum atomic E-state index is -0.403. The van der Waals surface area contributed by atoms with E-state index in [-0.39, 0.29) is 12.4 Å². The third-order valence-corrected chi connectivity index (χ3v) is 3.09. The molecule has 17 heavy (non-hydrogen) atoms. The van der Waals surface area contributed by atoms with Crippen molar-refractivity contribution in [2.45, 2.75) is 19.3 Å². The van der Waals surface area contributed by atoms with Crippen molar-refractivity contribution in [3.63, 3.8) is 0 Å². The molecule has 2 nitrogen and oxygen atoms in total. The van der Waals surface area contributed by atoms with E-state index < -0.39 is 5.82 Å². The molecule has 0 saturated carbocycles. The second-order valence-electron chi connectivity index (χ2n) is 3.76. The van der Waals surface area contributed by atoms with Crippen LogP contribution in [0.5, 0.6) is 5.75 Å². The third-order valence-electron chi connectivity index (χ3n) is 2.50. The number of methoxy groups -OCH3 is 1. The van der Waals surface area contributed by atoms with E-state index in [0.717, 1.165) is 30.4 Å². The van der Waals surface area contributed by atoms with Gasteiger partial charge in [-0.3, -0.25) is 0 Å². The van der Waals surface area contributed by atoms with Crippen molar-refractivity contribution in [3.05, 3.63) is 34.6 Å². The average molecular weight is 303 g/mol. The van der Waals surface area contributed by atoms with Gasteiger partial charge in [0.2, 0.25) is 0 Å². The van der Waals surface area contributed by atoms with Gasteiger partial charge >= 0.3 is 0 Å². The van der Waals surface area contributed by atoms with Crippen LogP contribution in [0.1, 0.15) is 24.8 Å². The smallest absolute Gasteiger partial charge is 0.168 e. The maximum atomic E-state index is 13.6. The lowest BCUT2D eigenvalue weighted by molar-refractivity contribution is 0.285. The summed E-state index contributed by atoms with van der Waals surface area (Å²) in [5.74, 6) is -0.197. The number of halogens is 2. The fourth-order valence-electron chi connectivity index (χ4n) is 1.55. The molecule has 0 radical (unpaired) electrons. The molecule has 94 valence electrons. The predicted octanol–water partition coefficient (Wildman–Crippen LogP) is 3.77. The lowest BCUT2D eigenvalue weighted by atomic mass is 10.0. The molecule has 0 unspecified atom stereocenters. The number of unbranched alkanes of at least 4 members (excludes halogenated alkanes) is 1. The van der Waals surface area contributed by atoms with Gasteiger partial charge in [0.25, 0.3) is 0 Å². The van der Waals surface area contributed by atoms with E-state index >= 15 is 0 Å². The first-order chi connectivity index (χ1) is 8.10. The number of benzene rings is 1. The SMILES string of the molecule is C=C(CCCCO)c1cc(F)c(OC)c(Br)c1. The second-order valence-corrected chi connectivity index (χ2v) is 4.61. The molecule has 1 N–H and O–H groups in total. The summed E-state index contributed by atoms with van der Waals surface area (Å²) in [6.45, 7) is 4.10. The van der Waals surface area contributed by atoms with Crippen LogP contribution in [0.15, 0.2) is 23.2 Å². The summed E-state index contributed by atoms with van der Waals surface area (Å²) in [5, 5.41) is 8.69. The van der Waals surface area contributed by atoms with Gasteiger partial charge in [-0.15, -0.1) is 0 Å². The molecular formula is C13H16BrFO2. The first-order valence-electron chi connectivity index (χ1n) is 5.42. The summed E-state index contributed by atoms with van der Waals surface area (Å²) in [6.07, 6.45) is 2.33. The van der Waals surface area contributed by atoms with Gasteiger partial charge in [-0.25, -0.2) is 4.39 Å². The van der Waals surface area contributed by atoms with Crippen molar-refractivity contribution < 1.29 is 14.2 Å². The van der Waals surface area contributed by atoms with E-state index in [1.54, 1.807) is 6.07 Å². The zero-order valence-electron chi connectivity index (χ0n) is 9.80. The van der Waals surface area contributed by atoms with Crippen molar-refractivity contribution in [2.24, 2.45) is 0 Å². The Balaban J connectivity index is 2.81. The molecule has 1 rings (SSSR count). The standard InChI is InChI=1S/C13H16BrFO2/c1-9(5-3-4-6-16)10-7-11(14)13(17-2)12(15)8-10/h7-8,16H,1,3-6H2,2H3. The lowest BCUT2D eigenvalue weighted by Gasteiger charge is -2.10. The van der Waals surface area contributed by atoms with Crippen LogP contribution in [-0.4, -0.2) is 18.8 Å². The van der Waals surface area contributed by atoms with Crippen molar-refractivity contribution in [2.75, 3.05) is 13.7 Å². The Morgan fingerprint density at radius 2 is 2.18 bits per heavy atom. The maximum Gasteiger partial charge on any atom is 0.168 e. The monoisotopic (exact) mass is 302 g/mol. The second kappa shape index (κ2) is 6.77. The number of hydrogen-bond acceptors (Lipinski definition) is 2. The summed E-state index contributed by atoms with van der Waals surface area (Å²) >= 11 is 3.26. The molecule has 0 fully saturated rings. The van der Waals surface area contributed by atoms with Crippen LogP contribution >= 0.6 is 15.9 Å². The van der Waals surface area contributed by atoms with Crippen molar-refractivity contribution in [1.29, 1.82) is 0 Å². The quantitative estimate of drug-likeness (QED) is 0.811. The van der Waals surface area contributed by atoms with Gasteiger partial charge in [-0.2, -0.15) is 0 Å². The number of hydrogen-bond donors (Lipinski definition) is 1. The minimum Gasteiger partial charge on any atom is -0.492 e. The molecule has 4 heteroatoms. The molecule has 0 bridgehead atoms. The van der Waals surface area contributed by atoms with Crippen LogP contribution in [0.4, 0.5) is 4.39 Å². The first-order valence-corrected chi connectivity index (χ1v) is 6.21.